The number of hydrogen-bond acceptors (Lipinski definition) is 5. The van der Waals surface area contributed by atoms with Crippen LogP contribution in [0.4, 0.5) is 0 Å². The van der Waals surface area contributed by atoms with Gasteiger partial charge in [0.2, 0.25) is 0 Å². The van der Waals surface area contributed by atoms with Gasteiger partial charge in [-0.1, -0.05) is 6.92 Å². The minimum atomic E-state index is -4.68. The number of rotatable bonds is 6. The average Bonchev–Trinajstić information content (AvgIpc) is 2.10. The largest absolute Gasteiger partial charge is 0.469 e. The normalized spacial score (nSPS) is 16.4. The Labute approximate surface area is 80.6 Å². The molecular formula is C6H13O7P. The molecule has 0 unspecified atom stereocenters. The van der Waals surface area contributed by atoms with Gasteiger partial charge in [0.25, 0.3) is 0 Å². The lowest BCUT2D eigenvalue weighted by Crippen LogP contribution is -2.36. The molecule has 4 N–H and O–H groups in total. The van der Waals surface area contributed by atoms with Crippen molar-refractivity contribution >= 4 is 13.6 Å². The Morgan fingerprint density at radius 2 is 1.93 bits per heavy atom. The summed E-state index contributed by atoms with van der Waals surface area (Å²) in [5.74, 6) is -0.619. The van der Waals surface area contributed by atoms with Gasteiger partial charge in [0, 0.05) is 6.42 Å². The van der Waals surface area contributed by atoms with Crippen LogP contribution < -0.4 is 0 Å². The van der Waals surface area contributed by atoms with E-state index in [1.54, 1.807) is 0 Å². The Morgan fingerprint density at radius 3 is 2.29 bits per heavy atom. The van der Waals surface area contributed by atoms with Gasteiger partial charge in [0.15, 0.2) is 5.78 Å². The Balaban J connectivity index is 4.02. The minimum Gasteiger partial charge on any atom is -0.388 e. The SMILES string of the molecule is CCC(=O)[C@H](O)[C@H](O)COP(=O)(O)O. The lowest BCUT2D eigenvalue weighted by atomic mass is 10.1. The van der Waals surface area contributed by atoms with E-state index in [4.69, 9.17) is 20.0 Å². The number of phosphoric acid groups is 1. The molecule has 0 aromatic heterocycles. The fourth-order valence-electron chi connectivity index (χ4n) is 0.688. The van der Waals surface area contributed by atoms with Crippen molar-refractivity contribution in [3.63, 3.8) is 0 Å². The van der Waals surface area contributed by atoms with Crippen molar-refractivity contribution in [3.05, 3.63) is 0 Å². The van der Waals surface area contributed by atoms with Crippen LogP contribution in [0.5, 0.6) is 0 Å². The lowest BCUT2D eigenvalue weighted by molar-refractivity contribution is -0.134. The van der Waals surface area contributed by atoms with Crippen LogP contribution in [0.2, 0.25) is 0 Å². The van der Waals surface area contributed by atoms with E-state index < -0.39 is 32.4 Å². The van der Waals surface area contributed by atoms with Gasteiger partial charge in [-0.15, -0.1) is 0 Å². The van der Waals surface area contributed by atoms with Gasteiger partial charge < -0.3 is 20.0 Å². The minimum absolute atomic E-state index is 0.0220. The molecule has 2 atom stereocenters. The summed E-state index contributed by atoms with van der Waals surface area (Å²) in [6.45, 7) is 0.694. The molecule has 0 spiro atoms. The van der Waals surface area contributed by atoms with Crippen molar-refractivity contribution in [3.8, 4) is 0 Å². The number of carbonyl (C=O) groups excluding carboxylic acids is 1. The van der Waals surface area contributed by atoms with Crippen molar-refractivity contribution in [2.24, 2.45) is 0 Å². The molecular weight excluding hydrogens is 215 g/mol. The Hall–Kier alpha value is -0.300. The molecule has 0 aliphatic heterocycles. The fraction of sp³-hybridized carbons (Fsp3) is 0.833. The number of aliphatic hydroxyl groups excluding tert-OH is 2. The summed E-state index contributed by atoms with van der Waals surface area (Å²) in [4.78, 5) is 27.3. The first-order chi connectivity index (χ1) is 6.28. The second kappa shape index (κ2) is 5.55. The van der Waals surface area contributed by atoms with E-state index >= 15 is 0 Å². The van der Waals surface area contributed by atoms with E-state index in [0.717, 1.165) is 0 Å². The highest BCUT2D eigenvalue weighted by molar-refractivity contribution is 7.46. The average molecular weight is 228 g/mol. The maximum atomic E-state index is 10.8. The standard InChI is InChI=1S/C6H13O7P/c1-2-4(7)6(9)5(8)3-13-14(10,11)12/h5-6,8-9H,2-3H2,1H3,(H2,10,11,12)/t5-,6+/m1/s1. The molecule has 0 aromatic rings. The molecule has 0 radical (unpaired) electrons. The summed E-state index contributed by atoms with van der Waals surface area (Å²) >= 11 is 0. The fourth-order valence-corrected chi connectivity index (χ4v) is 1.04. The predicted molar refractivity (Wildman–Crippen MR) is 45.3 cm³/mol. The van der Waals surface area contributed by atoms with Crippen LogP contribution in [0.15, 0.2) is 0 Å². The monoisotopic (exact) mass is 228 g/mol. The Morgan fingerprint density at radius 1 is 1.43 bits per heavy atom. The summed E-state index contributed by atoms with van der Waals surface area (Å²) in [6, 6.07) is 0. The molecule has 8 heteroatoms. The van der Waals surface area contributed by atoms with Gasteiger partial charge in [-0.05, 0) is 0 Å². The molecule has 0 saturated carbocycles. The second-order valence-electron chi connectivity index (χ2n) is 2.62. The van der Waals surface area contributed by atoms with E-state index in [1.807, 2.05) is 0 Å². The van der Waals surface area contributed by atoms with Crippen molar-refractivity contribution < 1.29 is 33.9 Å². The van der Waals surface area contributed by atoms with Gasteiger partial charge in [-0.2, -0.15) is 0 Å². The van der Waals surface area contributed by atoms with Crippen LogP contribution in [-0.2, 0) is 13.9 Å². The Kier molecular flexibility index (Phi) is 5.43. The number of carbonyl (C=O) groups is 1. The van der Waals surface area contributed by atoms with E-state index in [1.165, 1.54) is 6.92 Å². The summed E-state index contributed by atoms with van der Waals surface area (Å²) in [5.41, 5.74) is 0. The zero-order valence-electron chi connectivity index (χ0n) is 7.53. The van der Waals surface area contributed by atoms with Gasteiger partial charge in [0.05, 0.1) is 6.61 Å². The number of phosphoric ester groups is 1. The van der Waals surface area contributed by atoms with E-state index in [0.29, 0.717) is 0 Å². The molecule has 0 fully saturated rings. The lowest BCUT2D eigenvalue weighted by Gasteiger charge is -2.16. The summed E-state index contributed by atoms with van der Waals surface area (Å²) in [6.07, 6.45) is -3.28. The molecule has 0 aliphatic carbocycles. The highest BCUT2D eigenvalue weighted by Crippen LogP contribution is 2.35. The topological polar surface area (TPSA) is 124 Å². The summed E-state index contributed by atoms with van der Waals surface area (Å²) < 4.78 is 14.1. The van der Waals surface area contributed by atoms with Gasteiger partial charge >= 0.3 is 7.82 Å². The molecule has 0 aliphatic rings. The Bertz CT molecular complexity index is 234. The third-order valence-electron chi connectivity index (χ3n) is 1.46. The molecule has 14 heavy (non-hydrogen) atoms. The maximum absolute atomic E-state index is 10.8. The summed E-state index contributed by atoms with van der Waals surface area (Å²) in [5, 5.41) is 18.1. The van der Waals surface area contributed by atoms with Crippen molar-refractivity contribution in [1.29, 1.82) is 0 Å². The molecule has 0 heterocycles. The van der Waals surface area contributed by atoms with E-state index in [2.05, 4.69) is 4.52 Å². The third kappa shape index (κ3) is 5.43. The highest BCUT2D eigenvalue weighted by Gasteiger charge is 2.25. The number of aliphatic hydroxyl groups is 2. The molecule has 84 valence electrons. The van der Waals surface area contributed by atoms with E-state index in [9.17, 15) is 9.36 Å². The molecule has 7 nitrogen and oxygen atoms in total. The molecule has 0 saturated heterocycles. The highest BCUT2D eigenvalue weighted by atomic mass is 31.2. The number of hydrogen-bond donors (Lipinski definition) is 4. The molecule has 0 rings (SSSR count). The second-order valence-corrected chi connectivity index (χ2v) is 3.86. The van der Waals surface area contributed by atoms with Gasteiger partial charge in [-0.3, -0.25) is 9.32 Å². The number of ketones is 1. The van der Waals surface area contributed by atoms with Gasteiger partial charge in [0.1, 0.15) is 12.2 Å². The summed E-state index contributed by atoms with van der Waals surface area (Å²) in [7, 11) is -4.68. The van der Waals surface area contributed by atoms with Crippen LogP contribution in [0, 0.1) is 0 Å². The molecule has 0 aromatic carbocycles. The van der Waals surface area contributed by atoms with Crippen molar-refractivity contribution in [2.75, 3.05) is 6.61 Å². The smallest absolute Gasteiger partial charge is 0.388 e. The third-order valence-corrected chi connectivity index (χ3v) is 1.94. The van der Waals surface area contributed by atoms with Crippen molar-refractivity contribution in [1.82, 2.24) is 0 Å². The predicted octanol–water partition coefficient (Wildman–Crippen LogP) is -1.20. The quantitative estimate of drug-likeness (QED) is 0.420. The van der Waals surface area contributed by atoms with Crippen LogP contribution in [-0.4, -0.2) is 44.6 Å². The van der Waals surface area contributed by atoms with Crippen LogP contribution in [0.3, 0.4) is 0 Å². The maximum Gasteiger partial charge on any atom is 0.469 e. The zero-order chi connectivity index (χ0) is 11.4. The molecule has 0 bridgehead atoms. The van der Waals surface area contributed by atoms with Crippen LogP contribution >= 0.6 is 7.82 Å². The first-order valence-electron chi connectivity index (χ1n) is 3.87. The van der Waals surface area contributed by atoms with E-state index in [-0.39, 0.29) is 6.42 Å². The first kappa shape index (κ1) is 13.7. The molecule has 0 amide bonds. The number of Topliss-reactive ketones (excluding diaryl/α,β-unsaturated/α-hetero) is 1. The van der Waals surface area contributed by atoms with Crippen molar-refractivity contribution in [2.45, 2.75) is 25.6 Å². The van der Waals surface area contributed by atoms with Gasteiger partial charge in [-0.25, -0.2) is 4.57 Å². The van der Waals surface area contributed by atoms with Crippen LogP contribution in [0.1, 0.15) is 13.3 Å². The zero-order valence-corrected chi connectivity index (χ0v) is 8.42. The van der Waals surface area contributed by atoms with Crippen LogP contribution in [0.25, 0.3) is 0 Å². The first-order valence-corrected chi connectivity index (χ1v) is 5.40.